The zero-order valence-corrected chi connectivity index (χ0v) is 16.5. The minimum Gasteiger partial charge on any atom is -0.372 e. The van der Waals surface area contributed by atoms with Crippen LogP contribution in [0.1, 0.15) is 77.6 Å². The predicted molar refractivity (Wildman–Crippen MR) is 97.1 cm³/mol. The van der Waals surface area contributed by atoms with Crippen molar-refractivity contribution < 1.29 is 28.4 Å². The molecule has 0 aromatic heterocycles. The lowest BCUT2D eigenvalue weighted by molar-refractivity contribution is -0.262. The zero-order valence-electron chi connectivity index (χ0n) is 16.5. The van der Waals surface area contributed by atoms with Crippen molar-refractivity contribution in [3.05, 3.63) is 0 Å². The highest BCUT2D eigenvalue weighted by Gasteiger charge is 2.61. The van der Waals surface area contributed by atoms with Gasteiger partial charge in [0.1, 0.15) is 24.4 Å². The Morgan fingerprint density at radius 3 is 2.22 bits per heavy atom. The van der Waals surface area contributed by atoms with Crippen LogP contribution in [0, 0.1) is 0 Å². The molecule has 5 atom stereocenters. The summed E-state index contributed by atoms with van der Waals surface area (Å²) in [6, 6.07) is 0. The van der Waals surface area contributed by atoms with Gasteiger partial charge in [-0.3, -0.25) is 0 Å². The molecule has 0 radical (unpaired) electrons. The van der Waals surface area contributed by atoms with Crippen molar-refractivity contribution in [2.45, 2.75) is 120 Å². The summed E-state index contributed by atoms with van der Waals surface area (Å²) in [5.74, 6) is -0.852. The van der Waals surface area contributed by atoms with E-state index in [9.17, 15) is 0 Å². The van der Waals surface area contributed by atoms with Gasteiger partial charge in [-0.25, -0.2) is 0 Å². The van der Waals surface area contributed by atoms with Crippen molar-refractivity contribution in [1.29, 1.82) is 0 Å². The van der Waals surface area contributed by atoms with Crippen LogP contribution in [0.4, 0.5) is 0 Å². The average Bonchev–Trinajstić information content (AvgIpc) is 3.33. The van der Waals surface area contributed by atoms with Crippen molar-refractivity contribution in [2.75, 3.05) is 13.2 Å². The Balaban J connectivity index is 1.29. The van der Waals surface area contributed by atoms with E-state index in [0.717, 1.165) is 44.9 Å². The number of fused-ring (bicyclic) bond motifs is 1. The van der Waals surface area contributed by atoms with Gasteiger partial charge in [-0.05, 0) is 32.1 Å². The summed E-state index contributed by atoms with van der Waals surface area (Å²) in [5, 5.41) is 0. The Kier molecular flexibility index (Phi) is 5.24. The summed E-state index contributed by atoms with van der Waals surface area (Å²) in [7, 11) is 0. The van der Waals surface area contributed by atoms with Crippen LogP contribution in [0.3, 0.4) is 0 Å². The van der Waals surface area contributed by atoms with Gasteiger partial charge < -0.3 is 28.4 Å². The molecule has 2 aliphatic carbocycles. The molecular weight excluding hydrogens is 348 g/mol. The molecule has 6 nitrogen and oxygen atoms in total. The van der Waals surface area contributed by atoms with Gasteiger partial charge >= 0.3 is 0 Å². The molecule has 27 heavy (non-hydrogen) atoms. The zero-order chi connectivity index (χ0) is 18.3. The maximum atomic E-state index is 6.48. The van der Waals surface area contributed by atoms with Gasteiger partial charge in [-0.1, -0.05) is 19.8 Å². The van der Waals surface area contributed by atoms with E-state index in [4.69, 9.17) is 28.4 Å². The Labute approximate surface area is 162 Å². The first kappa shape index (κ1) is 18.8. The van der Waals surface area contributed by atoms with E-state index >= 15 is 0 Å². The molecule has 3 heterocycles. The second kappa shape index (κ2) is 7.54. The number of hydrogen-bond donors (Lipinski definition) is 0. The third-order valence-electron chi connectivity index (χ3n) is 6.88. The Hall–Kier alpha value is -0.240. The third-order valence-corrected chi connectivity index (χ3v) is 6.88. The van der Waals surface area contributed by atoms with Crippen LogP contribution in [0.15, 0.2) is 0 Å². The van der Waals surface area contributed by atoms with E-state index in [1.165, 1.54) is 25.7 Å². The highest BCUT2D eigenvalue weighted by atomic mass is 16.9. The number of rotatable bonds is 4. The van der Waals surface area contributed by atoms with Gasteiger partial charge in [0.15, 0.2) is 17.9 Å². The molecule has 2 spiro atoms. The lowest BCUT2D eigenvalue weighted by atomic mass is 9.94. The first-order valence-corrected chi connectivity index (χ1v) is 11.2. The van der Waals surface area contributed by atoms with Crippen molar-refractivity contribution >= 4 is 0 Å². The van der Waals surface area contributed by atoms with E-state index in [1.807, 2.05) is 0 Å². The highest BCUT2D eigenvalue weighted by molar-refractivity contribution is 5.01. The van der Waals surface area contributed by atoms with E-state index in [1.54, 1.807) is 0 Å². The van der Waals surface area contributed by atoms with Crippen LogP contribution in [-0.4, -0.2) is 55.5 Å². The molecule has 5 rings (SSSR count). The van der Waals surface area contributed by atoms with Crippen molar-refractivity contribution in [1.82, 2.24) is 0 Å². The summed E-state index contributed by atoms with van der Waals surface area (Å²) in [5.41, 5.74) is 0. The first-order chi connectivity index (χ1) is 13.2. The molecule has 6 heteroatoms. The van der Waals surface area contributed by atoms with Gasteiger partial charge in [-0.15, -0.1) is 0 Å². The highest BCUT2D eigenvalue weighted by Crippen LogP contribution is 2.48. The fraction of sp³-hybridized carbons (Fsp3) is 1.00. The lowest BCUT2D eigenvalue weighted by Gasteiger charge is -2.35. The van der Waals surface area contributed by atoms with E-state index in [0.29, 0.717) is 13.2 Å². The van der Waals surface area contributed by atoms with Crippen LogP contribution in [-0.2, 0) is 28.4 Å². The van der Waals surface area contributed by atoms with Crippen LogP contribution in [0.5, 0.6) is 0 Å². The minimum absolute atomic E-state index is 0.106. The molecule has 0 unspecified atom stereocenters. The molecule has 0 aromatic carbocycles. The molecule has 5 aliphatic rings. The number of ether oxygens (including phenoxy) is 6. The van der Waals surface area contributed by atoms with Gasteiger partial charge in [0.2, 0.25) is 0 Å². The van der Waals surface area contributed by atoms with E-state index in [-0.39, 0.29) is 30.7 Å². The SMILES string of the molecule is CCCO[C@H]1[C@@H]2OC3(CCCCC3)O[C@@H]2O[C@H]1[C@@H]1COC2(CCCCC2)O1. The Morgan fingerprint density at radius 1 is 0.815 bits per heavy atom. The predicted octanol–water partition coefficient (Wildman–Crippen LogP) is 3.66. The summed E-state index contributed by atoms with van der Waals surface area (Å²) >= 11 is 0. The molecule has 2 saturated carbocycles. The van der Waals surface area contributed by atoms with Crippen LogP contribution >= 0.6 is 0 Å². The molecule has 0 N–H and O–H groups in total. The normalized spacial score (nSPS) is 42.8. The molecule has 5 fully saturated rings. The Morgan fingerprint density at radius 2 is 1.52 bits per heavy atom. The smallest absolute Gasteiger partial charge is 0.190 e. The first-order valence-electron chi connectivity index (χ1n) is 11.2. The molecule has 0 aromatic rings. The van der Waals surface area contributed by atoms with Crippen LogP contribution in [0.25, 0.3) is 0 Å². The molecule has 3 aliphatic heterocycles. The molecular formula is C21H34O6. The summed E-state index contributed by atoms with van der Waals surface area (Å²) < 4.78 is 38.0. The lowest BCUT2D eigenvalue weighted by Crippen LogP contribution is -2.46. The second-order valence-corrected chi connectivity index (χ2v) is 8.91. The van der Waals surface area contributed by atoms with E-state index < -0.39 is 11.6 Å². The van der Waals surface area contributed by atoms with Gasteiger partial charge in [0, 0.05) is 32.3 Å². The van der Waals surface area contributed by atoms with Crippen molar-refractivity contribution in [3.63, 3.8) is 0 Å². The summed E-state index contributed by atoms with van der Waals surface area (Å²) in [6.45, 7) is 3.40. The Bertz CT molecular complexity index is 513. The molecule has 0 amide bonds. The van der Waals surface area contributed by atoms with E-state index in [2.05, 4.69) is 6.92 Å². The fourth-order valence-electron chi connectivity index (χ4n) is 5.52. The van der Waals surface area contributed by atoms with Crippen molar-refractivity contribution in [2.24, 2.45) is 0 Å². The minimum atomic E-state index is -0.454. The summed E-state index contributed by atoms with van der Waals surface area (Å²) in [6.07, 6.45) is 11.1. The van der Waals surface area contributed by atoms with Gasteiger partial charge in [0.25, 0.3) is 0 Å². The molecule has 0 bridgehead atoms. The topological polar surface area (TPSA) is 55.4 Å². The fourth-order valence-corrected chi connectivity index (χ4v) is 5.52. The van der Waals surface area contributed by atoms with Gasteiger partial charge in [-0.2, -0.15) is 0 Å². The average molecular weight is 382 g/mol. The standard InChI is InChI=1S/C21H34O6/c1-2-13-22-17-16(15-14-23-20(25-15)9-5-3-6-10-20)24-19-18(17)26-21(27-19)11-7-4-8-12-21/h15-19H,2-14H2,1H3/t15-,16-,17+,18-,19-/m0/s1. The maximum absolute atomic E-state index is 6.48. The van der Waals surface area contributed by atoms with Gasteiger partial charge in [0.05, 0.1) is 6.61 Å². The maximum Gasteiger partial charge on any atom is 0.190 e. The third kappa shape index (κ3) is 3.47. The summed E-state index contributed by atoms with van der Waals surface area (Å²) in [4.78, 5) is 0. The molecule has 3 saturated heterocycles. The largest absolute Gasteiger partial charge is 0.372 e. The van der Waals surface area contributed by atoms with Crippen LogP contribution < -0.4 is 0 Å². The number of hydrogen-bond acceptors (Lipinski definition) is 6. The monoisotopic (exact) mass is 382 g/mol. The quantitative estimate of drug-likeness (QED) is 0.740. The molecule has 154 valence electrons. The van der Waals surface area contributed by atoms with Crippen LogP contribution in [0.2, 0.25) is 0 Å². The van der Waals surface area contributed by atoms with Crippen molar-refractivity contribution in [3.8, 4) is 0 Å². The second-order valence-electron chi connectivity index (χ2n) is 8.91.